The Bertz CT molecular complexity index is 747. The summed E-state index contributed by atoms with van der Waals surface area (Å²) in [5.41, 5.74) is 12.2. The van der Waals surface area contributed by atoms with Gasteiger partial charge < -0.3 is 16.5 Å². The number of allylic oxidation sites excluding steroid dienone is 2. The number of benzene rings is 1. The molecule has 0 bridgehead atoms. The summed E-state index contributed by atoms with van der Waals surface area (Å²) in [6, 6.07) is 4.73. The first kappa shape index (κ1) is 13.1. The van der Waals surface area contributed by atoms with Crippen LogP contribution in [0, 0.1) is 0 Å². The largest absolute Gasteiger partial charge is 0.360 e. The summed E-state index contributed by atoms with van der Waals surface area (Å²) in [7, 11) is 0. The summed E-state index contributed by atoms with van der Waals surface area (Å²) in [5.74, 6) is -0.210. The number of nitrogens with one attached hydrogen (secondary N) is 1. The molecule has 5 heteroatoms. The molecule has 102 valence electrons. The predicted octanol–water partition coefficient (Wildman–Crippen LogP) is 2.15. The number of rotatable bonds is 2. The van der Waals surface area contributed by atoms with Crippen LogP contribution in [0.2, 0.25) is 5.02 Å². The maximum absolute atomic E-state index is 12.6. The molecule has 0 saturated carbocycles. The van der Waals surface area contributed by atoms with Gasteiger partial charge in [-0.05, 0) is 6.07 Å². The van der Waals surface area contributed by atoms with Gasteiger partial charge in [0, 0.05) is 22.7 Å². The van der Waals surface area contributed by atoms with E-state index in [0.29, 0.717) is 10.6 Å². The molecule has 2 aromatic rings. The van der Waals surface area contributed by atoms with Crippen molar-refractivity contribution in [1.29, 1.82) is 0 Å². The highest BCUT2D eigenvalue weighted by atomic mass is 35.5. The molecule has 3 rings (SSSR count). The van der Waals surface area contributed by atoms with Gasteiger partial charge in [-0.25, -0.2) is 0 Å². The summed E-state index contributed by atoms with van der Waals surface area (Å²) in [6.45, 7) is 0. The number of ketones is 1. The van der Waals surface area contributed by atoms with Gasteiger partial charge in [-0.3, -0.25) is 4.79 Å². The number of hydrogen-bond acceptors (Lipinski definition) is 3. The molecule has 0 aliphatic heterocycles. The summed E-state index contributed by atoms with van der Waals surface area (Å²) < 4.78 is 0. The van der Waals surface area contributed by atoms with Crippen molar-refractivity contribution in [2.45, 2.75) is 11.6 Å². The molecule has 1 aliphatic rings. The van der Waals surface area contributed by atoms with Gasteiger partial charge in [-0.2, -0.15) is 0 Å². The normalized spacial score (nSPS) is 25.2. The predicted molar refractivity (Wildman–Crippen MR) is 80.8 cm³/mol. The Kier molecular flexibility index (Phi) is 3.01. The molecule has 1 aliphatic carbocycles. The van der Waals surface area contributed by atoms with Crippen LogP contribution < -0.4 is 11.5 Å². The van der Waals surface area contributed by atoms with Gasteiger partial charge in [0.2, 0.25) is 0 Å². The number of carbonyl (C=O) groups is 1. The van der Waals surface area contributed by atoms with E-state index in [1.165, 1.54) is 0 Å². The lowest BCUT2D eigenvalue weighted by atomic mass is 9.81. The maximum atomic E-state index is 12.6. The van der Waals surface area contributed by atoms with Gasteiger partial charge >= 0.3 is 0 Å². The van der Waals surface area contributed by atoms with Gasteiger partial charge in [-0.1, -0.05) is 48.0 Å². The number of aromatic nitrogens is 1. The topological polar surface area (TPSA) is 84.9 Å². The monoisotopic (exact) mass is 287 g/mol. The van der Waals surface area contributed by atoms with Gasteiger partial charge in [0.25, 0.3) is 0 Å². The van der Waals surface area contributed by atoms with Crippen LogP contribution >= 0.6 is 11.6 Å². The first-order chi connectivity index (χ1) is 9.52. The molecule has 0 amide bonds. The van der Waals surface area contributed by atoms with Crippen molar-refractivity contribution in [2.75, 3.05) is 0 Å². The highest BCUT2D eigenvalue weighted by molar-refractivity contribution is 6.35. The van der Waals surface area contributed by atoms with Crippen LogP contribution in [-0.4, -0.2) is 22.3 Å². The summed E-state index contributed by atoms with van der Waals surface area (Å²) in [6.07, 6.45) is 8.59. The molecule has 20 heavy (non-hydrogen) atoms. The van der Waals surface area contributed by atoms with Crippen molar-refractivity contribution >= 4 is 28.3 Å². The van der Waals surface area contributed by atoms with Crippen LogP contribution in [0.5, 0.6) is 0 Å². The van der Waals surface area contributed by atoms with Crippen LogP contribution in [0.15, 0.2) is 48.7 Å². The number of carbonyl (C=O) groups excluding carboxylic acids is 1. The fourth-order valence-corrected chi connectivity index (χ4v) is 2.60. The van der Waals surface area contributed by atoms with Gasteiger partial charge in [-0.15, -0.1) is 0 Å². The Hall–Kier alpha value is -1.88. The SMILES string of the molecule is NC1C=CC=CC1(N)C(=O)c1ccc2c(Cl)c[nH]c2c1. The second-order valence-electron chi connectivity index (χ2n) is 4.93. The van der Waals surface area contributed by atoms with Crippen LogP contribution in [0.1, 0.15) is 10.4 Å². The molecule has 1 heterocycles. The molecule has 5 N–H and O–H groups in total. The molecule has 2 unspecified atom stereocenters. The van der Waals surface area contributed by atoms with Crippen molar-refractivity contribution in [3.05, 3.63) is 59.3 Å². The van der Waals surface area contributed by atoms with Crippen LogP contribution in [0.25, 0.3) is 10.9 Å². The summed E-state index contributed by atoms with van der Waals surface area (Å²) in [4.78, 5) is 15.7. The van der Waals surface area contributed by atoms with Crippen molar-refractivity contribution in [1.82, 2.24) is 4.98 Å². The Balaban J connectivity index is 2.04. The number of fused-ring (bicyclic) bond motifs is 1. The molecule has 0 radical (unpaired) electrons. The van der Waals surface area contributed by atoms with Crippen LogP contribution in [-0.2, 0) is 0 Å². The second kappa shape index (κ2) is 4.59. The number of Topliss-reactive ketones (excluding diaryl/α,β-unsaturated/α-hetero) is 1. The molecular weight excluding hydrogens is 274 g/mol. The van der Waals surface area contributed by atoms with E-state index in [1.807, 2.05) is 0 Å². The van der Waals surface area contributed by atoms with E-state index in [-0.39, 0.29) is 5.78 Å². The maximum Gasteiger partial charge on any atom is 0.188 e. The lowest BCUT2D eigenvalue weighted by Crippen LogP contribution is -2.59. The first-order valence-corrected chi connectivity index (χ1v) is 6.62. The van der Waals surface area contributed by atoms with E-state index >= 15 is 0 Å². The van der Waals surface area contributed by atoms with E-state index in [2.05, 4.69) is 4.98 Å². The van der Waals surface area contributed by atoms with E-state index in [4.69, 9.17) is 23.1 Å². The third-order valence-corrected chi connectivity index (χ3v) is 3.95. The van der Waals surface area contributed by atoms with Gasteiger partial charge in [0.1, 0.15) is 5.54 Å². The Morgan fingerprint density at radius 2 is 2.15 bits per heavy atom. The highest BCUT2D eigenvalue weighted by Crippen LogP contribution is 2.26. The molecule has 1 aromatic carbocycles. The first-order valence-electron chi connectivity index (χ1n) is 6.24. The zero-order chi connectivity index (χ0) is 14.3. The summed E-state index contributed by atoms with van der Waals surface area (Å²) >= 11 is 6.02. The lowest BCUT2D eigenvalue weighted by Gasteiger charge is -2.30. The Morgan fingerprint density at radius 1 is 1.35 bits per heavy atom. The standard InChI is InChI=1S/C15H14ClN3O/c16-11-8-19-12-7-9(4-5-10(11)12)14(20)15(18)6-2-1-3-13(15)17/h1-8,13,19H,17-18H2. The molecule has 1 aromatic heterocycles. The molecular formula is C15H14ClN3O. The molecule has 0 fully saturated rings. The zero-order valence-corrected chi connectivity index (χ0v) is 11.4. The number of halogens is 1. The minimum Gasteiger partial charge on any atom is -0.360 e. The molecule has 4 nitrogen and oxygen atoms in total. The van der Waals surface area contributed by atoms with Crippen molar-refractivity contribution in [3.63, 3.8) is 0 Å². The van der Waals surface area contributed by atoms with E-state index in [1.54, 1.807) is 48.7 Å². The van der Waals surface area contributed by atoms with Gasteiger partial charge in [0.15, 0.2) is 5.78 Å². The van der Waals surface area contributed by atoms with E-state index in [9.17, 15) is 4.79 Å². The smallest absolute Gasteiger partial charge is 0.188 e. The minimum atomic E-state index is -1.21. The van der Waals surface area contributed by atoms with Gasteiger partial charge in [0.05, 0.1) is 11.1 Å². The Labute approximate surface area is 121 Å². The van der Waals surface area contributed by atoms with Crippen molar-refractivity contribution < 1.29 is 4.79 Å². The van der Waals surface area contributed by atoms with Crippen LogP contribution in [0.4, 0.5) is 0 Å². The molecule has 0 spiro atoms. The van der Waals surface area contributed by atoms with Crippen molar-refractivity contribution in [3.8, 4) is 0 Å². The average molecular weight is 288 g/mol. The third kappa shape index (κ3) is 1.89. The average Bonchev–Trinajstić information content (AvgIpc) is 2.82. The van der Waals surface area contributed by atoms with Crippen LogP contribution in [0.3, 0.4) is 0 Å². The number of H-pyrrole nitrogens is 1. The lowest BCUT2D eigenvalue weighted by molar-refractivity contribution is 0.0912. The Morgan fingerprint density at radius 3 is 2.90 bits per heavy atom. The van der Waals surface area contributed by atoms with Crippen molar-refractivity contribution in [2.24, 2.45) is 11.5 Å². The number of aromatic amines is 1. The highest BCUT2D eigenvalue weighted by Gasteiger charge is 2.38. The second-order valence-corrected chi connectivity index (χ2v) is 5.34. The quantitative estimate of drug-likeness (QED) is 0.740. The fourth-order valence-electron chi connectivity index (χ4n) is 2.38. The van der Waals surface area contributed by atoms with E-state index < -0.39 is 11.6 Å². The zero-order valence-electron chi connectivity index (χ0n) is 10.6. The number of nitrogens with two attached hydrogens (primary N) is 2. The minimum absolute atomic E-state index is 0.210. The molecule has 0 saturated heterocycles. The summed E-state index contributed by atoms with van der Waals surface area (Å²) in [5, 5.41) is 1.50. The third-order valence-electron chi connectivity index (χ3n) is 3.64. The fraction of sp³-hybridized carbons (Fsp3) is 0.133. The van der Waals surface area contributed by atoms with E-state index in [0.717, 1.165) is 10.9 Å². The molecule has 2 atom stereocenters. The number of hydrogen-bond donors (Lipinski definition) is 3.